The van der Waals surface area contributed by atoms with Gasteiger partial charge in [0.15, 0.2) is 0 Å². The Bertz CT molecular complexity index is 3020. The van der Waals surface area contributed by atoms with E-state index in [1.807, 2.05) is 12.1 Å². The highest BCUT2D eigenvalue weighted by atomic mass is 16.3. The monoisotopic (exact) mass is 600 g/mol. The van der Waals surface area contributed by atoms with Gasteiger partial charge in [0.25, 0.3) is 0 Å². The lowest BCUT2D eigenvalue weighted by molar-refractivity contribution is 0.672. The predicted molar refractivity (Wildman–Crippen MR) is 200 cm³/mol. The SMILES string of the molecule is [2H]c1c([2H])c([2H])c2c(oc3c4cc(-c5cccc(-c6c7ccccc7c(-c7cccc8ccccc78)c7ccccc67)c5)ccc4ccc32)c1[2H]. The quantitative estimate of drug-likeness (QED) is 0.184. The minimum Gasteiger partial charge on any atom is -0.455 e. The molecule has 47 heavy (non-hydrogen) atoms. The van der Waals surface area contributed by atoms with Crippen molar-refractivity contribution in [2.75, 3.05) is 0 Å². The summed E-state index contributed by atoms with van der Waals surface area (Å²) in [5.41, 5.74) is 7.59. The van der Waals surface area contributed by atoms with Crippen molar-refractivity contribution in [3.63, 3.8) is 0 Å². The highest BCUT2D eigenvalue weighted by molar-refractivity contribution is 6.23. The molecule has 9 aromatic carbocycles. The fourth-order valence-corrected chi connectivity index (χ4v) is 7.48. The molecule has 1 aromatic heterocycles. The van der Waals surface area contributed by atoms with Gasteiger partial charge in [-0.15, -0.1) is 0 Å². The van der Waals surface area contributed by atoms with Gasteiger partial charge in [-0.1, -0.05) is 146 Å². The smallest absolute Gasteiger partial charge is 0.143 e. The molecule has 0 aliphatic rings. The lowest BCUT2D eigenvalue weighted by atomic mass is 9.84. The summed E-state index contributed by atoms with van der Waals surface area (Å²) in [5.74, 6) is 0. The van der Waals surface area contributed by atoms with Gasteiger partial charge in [-0.25, -0.2) is 0 Å². The maximum Gasteiger partial charge on any atom is 0.143 e. The number of hydrogen-bond donors (Lipinski definition) is 0. The van der Waals surface area contributed by atoms with E-state index in [-0.39, 0.29) is 29.8 Å². The molecule has 0 spiro atoms. The average Bonchev–Trinajstić information content (AvgIpc) is 3.58. The van der Waals surface area contributed by atoms with Crippen LogP contribution in [-0.4, -0.2) is 0 Å². The van der Waals surface area contributed by atoms with E-state index in [4.69, 9.17) is 9.90 Å². The summed E-state index contributed by atoms with van der Waals surface area (Å²) in [6, 6.07) is 50.7. The van der Waals surface area contributed by atoms with Gasteiger partial charge in [-0.05, 0) is 95.3 Å². The number of benzene rings is 9. The summed E-state index contributed by atoms with van der Waals surface area (Å²) >= 11 is 0. The summed E-state index contributed by atoms with van der Waals surface area (Å²) in [5, 5.41) is 10.2. The van der Waals surface area contributed by atoms with Crippen molar-refractivity contribution in [2.45, 2.75) is 0 Å². The molecule has 0 fully saturated rings. The number of fused-ring (bicyclic) bond motifs is 8. The van der Waals surface area contributed by atoms with Crippen LogP contribution in [0.4, 0.5) is 0 Å². The van der Waals surface area contributed by atoms with Gasteiger partial charge in [0.1, 0.15) is 11.2 Å². The number of furan rings is 1. The first-order chi connectivity index (χ1) is 25.0. The third kappa shape index (κ3) is 3.97. The lowest BCUT2D eigenvalue weighted by Crippen LogP contribution is -1.92. The van der Waals surface area contributed by atoms with Gasteiger partial charge < -0.3 is 4.42 Å². The molecule has 1 nitrogen and oxygen atoms in total. The van der Waals surface area contributed by atoms with Gasteiger partial charge in [-0.3, -0.25) is 0 Å². The zero-order valence-electron chi connectivity index (χ0n) is 29.3. The minimum absolute atomic E-state index is 0.0844. The van der Waals surface area contributed by atoms with Crippen LogP contribution in [0.15, 0.2) is 174 Å². The van der Waals surface area contributed by atoms with E-state index < -0.39 is 0 Å². The summed E-state index contributed by atoms with van der Waals surface area (Å²) in [4.78, 5) is 0. The molecule has 0 N–H and O–H groups in total. The third-order valence-corrected chi connectivity index (χ3v) is 9.57. The van der Waals surface area contributed by atoms with E-state index in [0.29, 0.717) is 16.4 Å². The van der Waals surface area contributed by atoms with Gasteiger partial charge in [0.05, 0.1) is 5.48 Å². The molecule has 10 rings (SSSR count). The van der Waals surface area contributed by atoms with Crippen LogP contribution < -0.4 is 0 Å². The van der Waals surface area contributed by atoms with Crippen LogP contribution in [-0.2, 0) is 0 Å². The lowest BCUT2D eigenvalue weighted by Gasteiger charge is -2.19. The second-order valence-electron chi connectivity index (χ2n) is 12.1. The molecule has 0 saturated carbocycles. The summed E-state index contributed by atoms with van der Waals surface area (Å²) in [6.07, 6.45) is 0. The van der Waals surface area contributed by atoms with Gasteiger partial charge >= 0.3 is 0 Å². The fourth-order valence-electron chi connectivity index (χ4n) is 7.48. The van der Waals surface area contributed by atoms with E-state index in [1.165, 1.54) is 49.0 Å². The molecule has 0 bridgehead atoms. The van der Waals surface area contributed by atoms with Gasteiger partial charge in [0, 0.05) is 16.2 Å². The van der Waals surface area contributed by atoms with E-state index in [1.54, 1.807) is 0 Å². The molecule has 0 unspecified atom stereocenters. The Morgan fingerprint density at radius 1 is 0.383 bits per heavy atom. The number of rotatable bonds is 3. The first-order valence-electron chi connectivity index (χ1n) is 17.9. The molecule has 0 atom stereocenters. The van der Waals surface area contributed by atoms with Crippen molar-refractivity contribution >= 4 is 65.0 Å². The van der Waals surface area contributed by atoms with Crippen molar-refractivity contribution in [3.05, 3.63) is 170 Å². The molecule has 0 aliphatic heterocycles. The van der Waals surface area contributed by atoms with E-state index in [9.17, 15) is 0 Å². The molecule has 1 heteroatoms. The molecule has 1 heterocycles. The Hall–Kier alpha value is -6.18. The molecule has 0 amide bonds. The molecule has 218 valence electrons. The second-order valence-corrected chi connectivity index (χ2v) is 12.1. The van der Waals surface area contributed by atoms with Crippen molar-refractivity contribution in [3.8, 4) is 33.4 Å². The Balaban J connectivity index is 1.20. The summed E-state index contributed by atoms with van der Waals surface area (Å²) < 4.78 is 39.7. The molecule has 0 aliphatic carbocycles. The maximum atomic E-state index is 8.58. The van der Waals surface area contributed by atoms with Crippen LogP contribution in [0.1, 0.15) is 5.48 Å². The van der Waals surface area contributed by atoms with Crippen molar-refractivity contribution in [1.29, 1.82) is 0 Å². The standard InChI is InChI=1S/C46H28O/c1-2-15-34-29(11-1)12-10-21-36(34)45-39-19-5-3-17-37(39)44(38-18-4-6-20-40(38)45)33-14-9-13-31(27-33)32-24-23-30-25-26-41-35-16-7-8-22-43(35)47-46(41)42(30)28-32/h1-28H/i7D,8D,16D,22D. The Morgan fingerprint density at radius 3 is 1.79 bits per heavy atom. The van der Waals surface area contributed by atoms with Crippen LogP contribution in [0.3, 0.4) is 0 Å². The molecule has 0 radical (unpaired) electrons. The van der Waals surface area contributed by atoms with Crippen LogP contribution in [0.25, 0.3) is 98.4 Å². The van der Waals surface area contributed by atoms with Crippen molar-refractivity contribution in [1.82, 2.24) is 0 Å². The second kappa shape index (κ2) is 10.2. The van der Waals surface area contributed by atoms with Crippen molar-refractivity contribution < 1.29 is 9.90 Å². The molecule has 10 aromatic rings. The van der Waals surface area contributed by atoms with Crippen LogP contribution in [0.5, 0.6) is 0 Å². The van der Waals surface area contributed by atoms with Crippen LogP contribution >= 0.6 is 0 Å². The van der Waals surface area contributed by atoms with E-state index >= 15 is 0 Å². The third-order valence-electron chi connectivity index (χ3n) is 9.57. The largest absolute Gasteiger partial charge is 0.455 e. The normalized spacial score (nSPS) is 13.0. The fraction of sp³-hybridized carbons (Fsp3) is 0. The summed E-state index contributed by atoms with van der Waals surface area (Å²) in [6.45, 7) is 0. The zero-order valence-corrected chi connectivity index (χ0v) is 25.3. The zero-order chi connectivity index (χ0) is 34.4. The Kier molecular flexibility index (Phi) is 4.83. The number of para-hydroxylation sites is 1. The van der Waals surface area contributed by atoms with Crippen LogP contribution in [0, 0.1) is 0 Å². The van der Waals surface area contributed by atoms with Crippen LogP contribution in [0.2, 0.25) is 0 Å². The number of hydrogen-bond acceptors (Lipinski definition) is 1. The molecular formula is C46H28O. The first-order valence-corrected chi connectivity index (χ1v) is 15.9. The first kappa shape index (κ1) is 22.3. The highest BCUT2D eigenvalue weighted by Gasteiger charge is 2.18. The van der Waals surface area contributed by atoms with E-state index in [2.05, 4.69) is 133 Å². The van der Waals surface area contributed by atoms with E-state index in [0.717, 1.165) is 27.5 Å². The summed E-state index contributed by atoms with van der Waals surface area (Å²) in [7, 11) is 0. The predicted octanol–water partition coefficient (Wildman–Crippen LogP) is 13.2. The van der Waals surface area contributed by atoms with Gasteiger partial charge in [0.2, 0.25) is 0 Å². The minimum atomic E-state index is -0.293. The van der Waals surface area contributed by atoms with Crippen molar-refractivity contribution in [2.24, 2.45) is 0 Å². The maximum absolute atomic E-state index is 8.58. The average molecular weight is 601 g/mol. The molecular weight excluding hydrogens is 569 g/mol. The Labute approximate surface area is 277 Å². The highest BCUT2D eigenvalue weighted by Crippen LogP contribution is 2.46. The topological polar surface area (TPSA) is 13.1 Å². The molecule has 0 saturated heterocycles. The Morgan fingerprint density at radius 2 is 0.979 bits per heavy atom. The van der Waals surface area contributed by atoms with Gasteiger partial charge in [-0.2, -0.15) is 0 Å².